The minimum atomic E-state index is -0.0116. The zero-order valence-electron chi connectivity index (χ0n) is 10.5. The van der Waals surface area contributed by atoms with Crippen LogP contribution in [0, 0.1) is 5.92 Å². The number of aryl methyl sites for hydroxylation is 1. The highest BCUT2D eigenvalue weighted by Crippen LogP contribution is 2.21. The third kappa shape index (κ3) is 2.24. The van der Waals surface area contributed by atoms with Crippen molar-refractivity contribution < 1.29 is 0 Å². The van der Waals surface area contributed by atoms with Crippen LogP contribution in [0.3, 0.4) is 0 Å². The van der Waals surface area contributed by atoms with Crippen LogP contribution in [-0.4, -0.2) is 19.3 Å². The van der Waals surface area contributed by atoms with Crippen molar-refractivity contribution in [3.8, 4) is 5.69 Å². The van der Waals surface area contributed by atoms with Crippen molar-refractivity contribution in [3.63, 3.8) is 0 Å². The first-order valence-electron chi connectivity index (χ1n) is 5.94. The molecule has 2 rings (SSSR count). The zero-order chi connectivity index (χ0) is 12.4. The summed E-state index contributed by atoms with van der Waals surface area (Å²) in [7, 11) is 0. The number of nitrogens with two attached hydrogens (primary N) is 1. The molecule has 2 aromatic rings. The molecule has 0 bridgehead atoms. The Balaban J connectivity index is 2.36. The average Bonchev–Trinajstić information content (AvgIpc) is 2.95. The molecule has 1 unspecified atom stereocenters. The molecule has 0 aliphatic heterocycles. The Morgan fingerprint density at radius 1 is 1.35 bits per heavy atom. The number of imidazole rings is 1. The zero-order valence-corrected chi connectivity index (χ0v) is 10.5. The topological polar surface area (TPSA) is 61.7 Å². The van der Waals surface area contributed by atoms with Gasteiger partial charge in [-0.2, -0.15) is 5.10 Å². The standard InChI is InChI=1S/C12H19N5/c1-4-16-7-10(5-15-16)17-8-14-6-11(17)12(13)9(2)3/h5-9,12H,4,13H2,1-3H3. The Morgan fingerprint density at radius 3 is 2.71 bits per heavy atom. The summed E-state index contributed by atoms with van der Waals surface area (Å²) in [5.74, 6) is 0.381. The van der Waals surface area contributed by atoms with Crippen LogP contribution in [0.15, 0.2) is 24.9 Å². The van der Waals surface area contributed by atoms with E-state index in [9.17, 15) is 0 Å². The molecule has 0 spiro atoms. The predicted octanol–water partition coefficient (Wildman–Crippen LogP) is 1.74. The van der Waals surface area contributed by atoms with Gasteiger partial charge in [-0.25, -0.2) is 4.98 Å². The quantitative estimate of drug-likeness (QED) is 0.875. The lowest BCUT2D eigenvalue weighted by atomic mass is 10.0. The van der Waals surface area contributed by atoms with E-state index >= 15 is 0 Å². The van der Waals surface area contributed by atoms with Gasteiger partial charge in [-0.05, 0) is 12.8 Å². The summed E-state index contributed by atoms with van der Waals surface area (Å²) >= 11 is 0. The first-order valence-corrected chi connectivity index (χ1v) is 5.94. The molecule has 5 nitrogen and oxygen atoms in total. The van der Waals surface area contributed by atoms with Gasteiger partial charge < -0.3 is 5.73 Å². The highest BCUT2D eigenvalue weighted by Gasteiger charge is 2.16. The van der Waals surface area contributed by atoms with Crippen LogP contribution >= 0.6 is 0 Å². The molecular weight excluding hydrogens is 214 g/mol. The molecule has 0 amide bonds. The van der Waals surface area contributed by atoms with Gasteiger partial charge in [0.2, 0.25) is 0 Å². The van der Waals surface area contributed by atoms with Gasteiger partial charge in [0.25, 0.3) is 0 Å². The number of aromatic nitrogens is 4. The maximum Gasteiger partial charge on any atom is 0.0995 e. The summed E-state index contributed by atoms with van der Waals surface area (Å²) in [5, 5.41) is 4.26. The van der Waals surface area contributed by atoms with Crippen LogP contribution in [0.4, 0.5) is 0 Å². The Kier molecular flexibility index (Phi) is 3.28. The van der Waals surface area contributed by atoms with Crippen molar-refractivity contribution in [2.24, 2.45) is 11.7 Å². The summed E-state index contributed by atoms with van der Waals surface area (Å²) in [6.07, 6.45) is 7.45. The maximum absolute atomic E-state index is 6.17. The molecular formula is C12H19N5. The molecule has 0 saturated heterocycles. The summed E-state index contributed by atoms with van der Waals surface area (Å²) in [6.45, 7) is 7.14. The Bertz CT molecular complexity index is 483. The summed E-state index contributed by atoms with van der Waals surface area (Å²) < 4.78 is 3.89. The van der Waals surface area contributed by atoms with E-state index in [1.165, 1.54) is 0 Å². The van der Waals surface area contributed by atoms with Crippen LogP contribution < -0.4 is 5.73 Å². The largest absolute Gasteiger partial charge is 0.322 e. The van der Waals surface area contributed by atoms with Crippen molar-refractivity contribution in [2.75, 3.05) is 0 Å². The summed E-state index contributed by atoms with van der Waals surface area (Å²) in [4.78, 5) is 4.18. The highest BCUT2D eigenvalue weighted by molar-refractivity contribution is 5.29. The van der Waals surface area contributed by atoms with E-state index in [4.69, 9.17) is 5.73 Å². The molecule has 17 heavy (non-hydrogen) atoms. The first-order chi connectivity index (χ1) is 8.13. The molecule has 2 N–H and O–H groups in total. The van der Waals surface area contributed by atoms with E-state index in [-0.39, 0.29) is 6.04 Å². The molecule has 0 radical (unpaired) electrons. The van der Waals surface area contributed by atoms with Gasteiger partial charge >= 0.3 is 0 Å². The second-order valence-electron chi connectivity index (χ2n) is 4.51. The van der Waals surface area contributed by atoms with E-state index in [0.29, 0.717) is 5.92 Å². The molecule has 5 heteroatoms. The lowest BCUT2D eigenvalue weighted by Crippen LogP contribution is -2.19. The molecule has 92 valence electrons. The molecule has 0 fully saturated rings. The number of hydrogen-bond donors (Lipinski definition) is 1. The lowest BCUT2D eigenvalue weighted by Gasteiger charge is -2.16. The van der Waals surface area contributed by atoms with Crippen molar-refractivity contribution in [1.82, 2.24) is 19.3 Å². The summed E-state index contributed by atoms with van der Waals surface area (Å²) in [6, 6.07) is -0.0116. The van der Waals surface area contributed by atoms with Crippen LogP contribution in [0.1, 0.15) is 32.5 Å². The number of rotatable bonds is 4. The first kappa shape index (κ1) is 11.9. The van der Waals surface area contributed by atoms with Gasteiger partial charge in [-0.3, -0.25) is 9.25 Å². The van der Waals surface area contributed by atoms with E-state index in [1.54, 1.807) is 6.33 Å². The predicted molar refractivity (Wildman–Crippen MR) is 66.8 cm³/mol. The maximum atomic E-state index is 6.17. The van der Waals surface area contributed by atoms with E-state index < -0.39 is 0 Å². The second-order valence-corrected chi connectivity index (χ2v) is 4.51. The molecule has 0 saturated carbocycles. The fraction of sp³-hybridized carbons (Fsp3) is 0.500. The molecule has 0 aliphatic rings. The Hall–Kier alpha value is -1.62. The van der Waals surface area contributed by atoms with Gasteiger partial charge in [0.1, 0.15) is 0 Å². The van der Waals surface area contributed by atoms with E-state index in [1.807, 2.05) is 27.8 Å². The third-order valence-electron chi connectivity index (χ3n) is 2.95. The van der Waals surface area contributed by atoms with Gasteiger partial charge in [0, 0.05) is 18.8 Å². The number of nitrogens with zero attached hydrogens (tertiary/aromatic N) is 4. The molecule has 0 aliphatic carbocycles. The van der Waals surface area contributed by atoms with Crippen LogP contribution in [0.25, 0.3) is 5.69 Å². The molecule has 2 aromatic heterocycles. The Morgan fingerprint density at radius 2 is 2.12 bits per heavy atom. The minimum absolute atomic E-state index is 0.0116. The molecule has 0 aromatic carbocycles. The van der Waals surface area contributed by atoms with E-state index in [2.05, 4.69) is 30.9 Å². The fourth-order valence-corrected chi connectivity index (χ4v) is 1.76. The minimum Gasteiger partial charge on any atom is -0.322 e. The smallest absolute Gasteiger partial charge is 0.0995 e. The normalized spacial score (nSPS) is 13.2. The van der Waals surface area contributed by atoms with Gasteiger partial charge in [0.15, 0.2) is 0 Å². The van der Waals surface area contributed by atoms with Crippen LogP contribution in [-0.2, 0) is 6.54 Å². The highest BCUT2D eigenvalue weighted by atomic mass is 15.3. The fourth-order valence-electron chi connectivity index (χ4n) is 1.76. The summed E-state index contributed by atoms with van der Waals surface area (Å²) in [5.41, 5.74) is 8.21. The Labute approximate surface area is 101 Å². The second kappa shape index (κ2) is 4.71. The monoisotopic (exact) mass is 233 g/mol. The third-order valence-corrected chi connectivity index (χ3v) is 2.95. The molecule has 2 heterocycles. The van der Waals surface area contributed by atoms with Crippen LogP contribution in [0.5, 0.6) is 0 Å². The SMILES string of the molecule is CCn1cc(-n2cncc2C(N)C(C)C)cn1. The van der Waals surface area contributed by atoms with E-state index in [0.717, 1.165) is 17.9 Å². The molecule has 1 atom stereocenters. The average molecular weight is 233 g/mol. The number of hydrogen-bond acceptors (Lipinski definition) is 3. The van der Waals surface area contributed by atoms with Gasteiger partial charge in [-0.1, -0.05) is 13.8 Å². The van der Waals surface area contributed by atoms with Crippen LogP contribution in [0.2, 0.25) is 0 Å². The van der Waals surface area contributed by atoms with Crippen molar-refractivity contribution in [2.45, 2.75) is 33.4 Å². The van der Waals surface area contributed by atoms with Gasteiger partial charge in [-0.15, -0.1) is 0 Å². The lowest BCUT2D eigenvalue weighted by molar-refractivity contribution is 0.497. The van der Waals surface area contributed by atoms with Crippen molar-refractivity contribution >= 4 is 0 Å². The van der Waals surface area contributed by atoms with Crippen molar-refractivity contribution in [1.29, 1.82) is 0 Å². The van der Waals surface area contributed by atoms with Crippen molar-refractivity contribution in [3.05, 3.63) is 30.6 Å². The van der Waals surface area contributed by atoms with Gasteiger partial charge in [0.05, 0.1) is 30.1 Å².